The molecular formula is C13H16O3. The molecule has 1 fully saturated rings. The van der Waals surface area contributed by atoms with Crippen LogP contribution in [0.2, 0.25) is 0 Å². The molecule has 0 aromatic heterocycles. The third-order valence-corrected chi connectivity index (χ3v) is 2.92. The summed E-state index contributed by atoms with van der Waals surface area (Å²) in [5.41, 5.74) is 1.08. The number of aromatic hydroxyl groups is 1. The average molecular weight is 220 g/mol. The van der Waals surface area contributed by atoms with Crippen molar-refractivity contribution in [1.82, 2.24) is 0 Å². The molecular weight excluding hydrogens is 204 g/mol. The van der Waals surface area contributed by atoms with Crippen LogP contribution >= 0.6 is 0 Å². The largest absolute Gasteiger partial charge is 0.508 e. The molecule has 16 heavy (non-hydrogen) atoms. The molecule has 0 aliphatic heterocycles. The number of hydrogen-bond donors (Lipinski definition) is 1. The Bertz CT molecular complexity index is 387. The maximum Gasteiger partial charge on any atom is 0.309 e. The first-order valence-electron chi connectivity index (χ1n) is 5.65. The zero-order chi connectivity index (χ0) is 11.5. The standard InChI is InChI=1S/C13H16O3/c1-2-16-13(15)12-8-10(12)6-9-4-3-5-11(14)7-9/h3-5,7,10,12,14H,2,6,8H2,1H3/t10-,12?/m1/s1. The molecule has 0 amide bonds. The maximum absolute atomic E-state index is 11.4. The molecule has 1 aliphatic rings. The Balaban J connectivity index is 1.87. The van der Waals surface area contributed by atoms with Crippen molar-refractivity contribution in [3.8, 4) is 5.75 Å². The first-order valence-corrected chi connectivity index (χ1v) is 5.65. The zero-order valence-corrected chi connectivity index (χ0v) is 9.35. The van der Waals surface area contributed by atoms with E-state index in [9.17, 15) is 9.90 Å². The predicted octanol–water partition coefficient (Wildman–Crippen LogP) is 2.13. The first kappa shape index (κ1) is 11.0. The summed E-state index contributed by atoms with van der Waals surface area (Å²) in [6, 6.07) is 7.20. The highest BCUT2D eigenvalue weighted by molar-refractivity contribution is 5.75. The summed E-state index contributed by atoms with van der Waals surface area (Å²) < 4.78 is 4.97. The van der Waals surface area contributed by atoms with Gasteiger partial charge in [-0.2, -0.15) is 0 Å². The Morgan fingerprint density at radius 1 is 1.56 bits per heavy atom. The molecule has 1 aromatic rings. The number of carbonyl (C=O) groups excluding carboxylic acids is 1. The van der Waals surface area contributed by atoms with Gasteiger partial charge in [0.25, 0.3) is 0 Å². The van der Waals surface area contributed by atoms with Crippen LogP contribution in [0.25, 0.3) is 0 Å². The SMILES string of the molecule is CCOC(=O)C1C[C@H]1Cc1cccc(O)c1. The Morgan fingerprint density at radius 2 is 2.38 bits per heavy atom. The number of phenols is 1. The average Bonchev–Trinajstić information content (AvgIpc) is 2.97. The van der Waals surface area contributed by atoms with Crippen molar-refractivity contribution < 1.29 is 14.6 Å². The Labute approximate surface area is 95.0 Å². The van der Waals surface area contributed by atoms with Gasteiger partial charge in [-0.25, -0.2) is 0 Å². The third-order valence-electron chi connectivity index (χ3n) is 2.92. The van der Waals surface area contributed by atoms with E-state index >= 15 is 0 Å². The van der Waals surface area contributed by atoms with E-state index in [-0.39, 0.29) is 17.6 Å². The monoisotopic (exact) mass is 220 g/mol. The van der Waals surface area contributed by atoms with Gasteiger partial charge in [-0.15, -0.1) is 0 Å². The molecule has 0 spiro atoms. The minimum absolute atomic E-state index is 0.0716. The van der Waals surface area contributed by atoms with Gasteiger partial charge in [0, 0.05) is 0 Å². The number of ether oxygens (including phenoxy) is 1. The van der Waals surface area contributed by atoms with E-state index in [4.69, 9.17) is 4.74 Å². The van der Waals surface area contributed by atoms with Gasteiger partial charge in [0.15, 0.2) is 0 Å². The van der Waals surface area contributed by atoms with Crippen LogP contribution in [0.3, 0.4) is 0 Å². The zero-order valence-electron chi connectivity index (χ0n) is 9.35. The molecule has 2 rings (SSSR count). The summed E-state index contributed by atoms with van der Waals surface area (Å²) in [5.74, 6) is 0.668. The number of rotatable bonds is 4. The second kappa shape index (κ2) is 4.56. The summed E-state index contributed by atoms with van der Waals surface area (Å²) >= 11 is 0. The molecule has 1 unspecified atom stereocenters. The molecule has 0 saturated heterocycles. The number of phenolic OH excluding ortho intramolecular Hbond substituents is 1. The van der Waals surface area contributed by atoms with Crippen LogP contribution in [-0.2, 0) is 16.0 Å². The van der Waals surface area contributed by atoms with E-state index in [1.54, 1.807) is 12.1 Å². The van der Waals surface area contributed by atoms with Crippen LogP contribution < -0.4 is 0 Å². The fraction of sp³-hybridized carbons (Fsp3) is 0.462. The van der Waals surface area contributed by atoms with Gasteiger partial charge in [-0.05, 0) is 43.4 Å². The number of esters is 1. The van der Waals surface area contributed by atoms with Crippen molar-refractivity contribution in [3.63, 3.8) is 0 Å². The van der Waals surface area contributed by atoms with E-state index in [1.165, 1.54) is 0 Å². The summed E-state index contributed by atoms with van der Waals surface area (Å²) in [6.45, 7) is 2.28. The molecule has 3 heteroatoms. The fourth-order valence-corrected chi connectivity index (χ4v) is 2.00. The van der Waals surface area contributed by atoms with Gasteiger partial charge < -0.3 is 9.84 Å². The molecule has 86 valence electrons. The highest BCUT2D eigenvalue weighted by Gasteiger charge is 2.43. The van der Waals surface area contributed by atoms with Crippen molar-refractivity contribution in [2.45, 2.75) is 19.8 Å². The van der Waals surface area contributed by atoms with Crippen molar-refractivity contribution in [3.05, 3.63) is 29.8 Å². The minimum Gasteiger partial charge on any atom is -0.508 e. The summed E-state index contributed by atoms with van der Waals surface area (Å²) in [7, 11) is 0. The quantitative estimate of drug-likeness (QED) is 0.791. The van der Waals surface area contributed by atoms with Crippen molar-refractivity contribution in [2.75, 3.05) is 6.61 Å². The van der Waals surface area contributed by atoms with Crippen LogP contribution in [0.4, 0.5) is 0 Å². The third kappa shape index (κ3) is 2.54. The van der Waals surface area contributed by atoms with E-state index in [0.29, 0.717) is 12.5 Å². The molecule has 3 nitrogen and oxygen atoms in total. The summed E-state index contributed by atoms with van der Waals surface area (Å²) in [6.07, 6.45) is 1.76. The van der Waals surface area contributed by atoms with Crippen LogP contribution in [0, 0.1) is 11.8 Å². The maximum atomic E-state index is 11.4. The molecule has 2 atom stereocenters. The normalized spacial score (nSPS) is 22.8. The number of benzene rings is 1. The van der Waals surface area contributed by atoms with Crippen LogP contribution in [0.1, 0.15) is 18.9 Å². The lowest BCUT2D eigenvalue weighted by Gasteiger charge is -2.02. The molecule has 1 N–H and O–H groups in total. The lowest BCUT2D eigenvalue weighted by atomic mass is 10.1. The van der Waals surface area contributed by atoms with Crippen LogP contribution in [-0.4, -0.2) is 17.7 Å². The second-order valence-electron chi connectivity index (χ2n) is 4.23. The van der Waals surface area contributed by atoms with Crippen molar-refractivity contribution >= 4 is 5.97 Å². The van der Waals surface area contributed by atoms with Gasteiger partial charge in [-0.3, -0.25) is 4.79 Å². The van der Waals surface area contributed by atoms with E-state index < -0.39 is 0 Å². The van der Waals surface area contributed by atoms with Gasteiger partial charge in [0.2, 0.25) is 0 Å². The van der Waals surface area contributed by atoms with E-state index in [0.717, 1.165) is 18.4 Å². The lowest BCUT2D eigenvalue weighted by molar-refractivity contribution is -0.145. The molecule has 0 radical (unpaired) electrons. The summed E-state index contributed by atoms with van der Waals surface area (Å²) in [5, 5.41) is 9.31. The topological polar surface area (TPSA) is 46.5 Å². The Kier molecular flexibility index (Phi) is 3.13. The number of hydrogen-bond acceptors (Lipinski definition) is 3. The second-order valence-corrected chi connectivity index (χ2v) is 4.23. The van der Waals surface area contributed by atoms with Crippen LogP contribution in [0.5, 0.6) is 5.75 Å². The van der Waals surface area contributed by atoms with Crippen molar-refractivity contribution in [2.24, 2.45) is 11.8 Å². The van der Waals surface area contributed by atoms with Crippen LogP contribution in [0.15, 0.2) is 24.3 Å². The smallest absolute Gasteiger partial charge is 0.309 e. The Hall–Kier alpha value is -1.51. The Morgan fingerprint density at radius 3 is 3.06 bits per heavy atom. The molecule has 1 aliphatic carbocycles. The fourth-order valence-electron chi connectivity index (χ4n) is 2.00. The van der Waals surface area contributed by atoms with E-state index in [1.807, 2.05) is 19.1 Å². The van der Waals surface area contributed by atoms with E-state index in [2.05, 4.69) is 0 Å². The molecule has 0 bridgehead atoms. The highest BCUT2D eigenvalue weighted by atomic mass is 16.5. The minimum atomic E-state index is -0.0762. The van der Waals surface area contributed by atoms with Gasteiger partial charge in [-0.1, -0.05) is 12.1 Å². The molecule has 0 heterocycles. The highest BCUT2D eigenvalue weighted by Crippen LogP contribution is 2.42. The molecule has 1 saturated carbocycles. The van der Waals surface area contributed by atoms with Gasteiger partial charge >= 0.3 is 5.97 Å². The van der Waals surface area contributed by atoms with Gasteiger partial charge in [0.1, 0.15) is 5.75 Å². The van der Waals surface area contributed by atoms with Gasteiger partial charge in [0.05, 0.1) is 12.5 Å². The number of carbonyl (C=O) groups is 1. The molecule has 1 aromatic carbocycles. The predicted molar refractivity (Wildman–Crippen MR) is 60.0 cm³/mol. The lowest BCUT2D eigenvalue weighted by Crippen LogP contribution is -2.08. The first-order chi connectivity index (χ1) is 7.70. The van der Waals surface area contributed by atoms with Crippen molar-refractivity contribution in [1.29, 1.82) is 0 Å². The summed E-state index contributed by atoms with van der Waals surface area (Å²) in [4.78, 5) is 11.4.